The van der Waals surface area contributed by atoms with Gasteiger partial charge in [-0.15, -0.1) is 0 Å². The van der Waals surface area contributed by atoms with E-state index in [1.807, 2.05) is 38.2 Å². The highest BCUT2D eigenvalue weighted by Crippen LogP contribution is 2.22. The van der Waals surface area contributed by atoms with E-state index >= 15 is 0 Å². The van der Waals surface area contributed by atoms with E-state index in [-0.39, 0.29) is 0 Å². The van der Waals surface area contributed by atoms with Crippen molar-refractivity contribution in [1.29, 1.82) is 0 Å². The number of hydrogen-bond acceptors (Lipinski definition) is 3. The first kappa shape index (κ1) is 11.5. The van der Waals surface area contributed by atoms with Crippen LogP contribution >= 0.6 is 0 Å². The molecule has 3 heteroatoms. The molecule has 17 heavy (non-hydrogen) atoms. The zero-order valence-electron chi connectivity index (χ0n) is 10.1. The summed E-state index contributed by atoms with van der Waals surface area (Å²) in [5.41, 5.74) is 3.35. The second kappa shape index (κ2) is 5.34. The summed E-state index contributed by atoms with van der Waals surface area (Å²) in [4.78, 5) is 3.98. The second-order valence-electron chi connectivity index (χ2n) is 3.87. The molecule has 0 amide bonds. The molecule has 0 spiro atoms. The number of pyridine rings is 1. The van der Waals surface area contributed by atoms with Crippen LogP contribution in [0.1, 0.15) is 11.1 Å². The molecule has 1 N–H and O–H groups in total. The zero-order chi connectivity index (χ0) is 12.1. The predicted octanol–water partition coefficient (Wildman–Crippen LogP) is 3.01. The van der Waals surface area contributed by atoms with Crippen molar-refractivity contribution in [2.75, 3.05) is 12.4 Å². The van der Waals surface area contributed by atoms with Crippen molar-refractivity contribution >= 4 is 5.69 Å². The van der Waals surface area contributed by atoms with Gasteiger partial charge in [-0.3, -0.25) is 4.98 Å². The summed E-state index contributed by atoms with van der Waals surface area (Å²) in [5, 5.41) is 3.10. The number of aromatic nitrogens is 1. The van der Waals surface area contributed by atoms with Crippen LogP contribution in [-0.4, -0.2) is 12.0 Å². The molecule has 0 fully saturated rings. The third kappa shape index (κ3) is 2.97. The summed E-state index contributed by atoms with van der Waals surface area (Å²) in [7, 11) is 1.91. The van der Waals surface area contributed by atoms with Crippen molar-refractivity contribution in [3.63, 3.8) is 0 Å². The van der Waals surface area contributed by atoms with Gasteiger partial charge in [0.25, 0.3) is 0 Å². The Bertz CT molecular complexity index is 483. The largest absolute Gasteiger partial charge is 0.489 e. The smallest absolute Gasteiger partial charge is 0.122 e. The standard InChI is InChI=1S/C14H16N2O/c1-11-9-13(15-2)3-4-14(11)17-10-12-5-7-16-8-6-12/h3-9,15H,10H2,1-2H3. The molecule has 1 heterocycles. The number of nitrogens with one attached hydrogen (secondary N) is 1. The van der Waals surface area contributed by atoms with Crippen LogP contribution in [0.25, 0.3) is 0 Å². The number of anilines is 1. The summed E-state index contributed by atoms with van der Waals surface area (Å²) in [5.74, 6) is 0.917. The van der Waals surface area contributed by atoms with Crippen LogP contribution in [0.2, 0.25) is 0 Å². The molecule has 0 saturated heterocycles. The molecular formula is C14H16N2O. The van der Waals surface area contributed by atoms with Crippen LogP contribution in [0.5, 0.6) is 5.75 Å². The van der Waals surface area contributed by atoms with Crippen LogP contribution in [0.3, 0.4) is 0 Å². The van der Waals surface area contributed by atoms with E-state index in [0.29, 0.717) is 6.61 Å². The Kier molecular flexibility index (Phi) is 3.60. The Morgan fingerprint density at radius 3 is 2.59 bits per heavy atom. The fraction of sp³-hybridized carbons (Fsp3) is 0.214. The highest BCUT2D eigenvalue weighted by Gasteiger charge is 2.01. The van der Waals surface area contributed by atoms with Crippen molar-refractivity contribution in [2.45, 2.75) is 13.5 Å². The van der Waals surface area contributed by atoms with E-state index < -0.39 is 0 Å². The van der Waals surface area contributed by atoms with E-state index in [9.17, 15) is 0 Å². The number of nitrogens with zero attached hydrogens (tertiary/aromatic N) is 1. The minimum Gasteiger partial charge on any atom is -0.489 e. The maximum atomic E-state index is 5.77. The van der Waals surface area contributed by atoms with Crippen molar-refractivity contribution in [3.8, 4) is 5.75 Å². The fourth-order valence-corrected chi connectivity index (χ4v) is 1.61. The molecule has 0 aliphatic carbocycles. The summed E-state index contributed by atoms with van der Waals surface area (Å²) >= 11 is 0. The molecule has 0 bridgehead atoms. The van der Waals surface area contributed by atoms with Gasteiger partial charge in [-0.1, -0.05) is 0 Å². The first-order valence-electron chi connectivity index (χ1n) is 5.59. The molecule has 0 aliphatic rings. The summed E-state index contributed by atoms with van der Waals surface area (Å²) < 4.78 is 5.77. The van der Waals surface area contributed by atoms with Gasteiger partial charge in [-0.25, -0.2) is 0 Å². The molecule has 1 aromatic heterocycles. The maximum absolute atomic E-state index is 5.77. The molecule has 0 unspecified atom stereocenters. The number of aryl methyl sites for hydroxylation is 1. The second-order valence-corrected chi connectivity index (χ2v) is 3.87. The van der Waals surface area contributed by atoms with Gasteiger partial charge in [0.15, 0.2) is 0 Å². The monoisotopic (exact) mass is 228 g/mol. The first-order chi connectivity index (χ1) is 8.29. The van der Waals surface area contributed by atoms with Crippen LogP contribution in [0.4, 0.5) is 5.69 Å². The Morgan fingerprint density at radius 1 is 1.18 bits per heavy atom. The Balaban J connectivity index is 2.04. The van der Waals surface area contributed by atoms with E-state index in [0.717, 1.165) is 22.6 Å². The van der Waals surface area contributed by atoms with Crippen LogP contribution in [0, 0.1) is 6.92 Å². The Hall–Kier alpha value is -2.03. The molecule has 88 valence electrons. The highest BCUT2D eigenvalue weighted by atomic mass is 16.5. The number of hydrogen-bond donors (Lipinski definition) is 1. The van der Waals surface area contributed by atoms with E-state index in [1.54, 1.807) is 12.4 Å². The van der Waals surface area contributed by atoms with E-state index in [2.05, 4.69) is 16.4 Å². The molecule has 0 aliphatic heterocycles. The average Bonchev–Trinajstić information content (AvgIpc) is 2.38. The van der Waals surface area contributed by atoms with Gasteiger partial charge >= 0.3 is 0 Å². The topological polar surface area (TPSA) is 34.1 Å². The van der Waals surface area contributed by atoms with Gasteiger partial charge in [0.05, 0.1) is 0 Å². The number of rotatable bonds is 4. The lowest BCUT2D eigenvalue weighted by atomic mass is 10.2. The normalized spacial score (nSPS) is 10.0. The maximum Gasteiger partial charge on any atom is 0.122 e. The Morgan fingerprint density at radius 2 is 1.94 bits per heavy atom. The minimum absolute atomic E-state index is 0.572. The third-order valence-corrected chi connectivity index (χ3v) is 2.61. The number of ether oxygens (including phenoxy) is 1. The molecule has 1 aromatic carbocycles. The minimum atomic E-state index is 0.572. The molecule has 3 nitrogen and oxygen atoms in total. The summed E-state index contributed by atoms with van der Waals surface area (Å²) in [6, 6.07) is 9.98. The van der Waals surface area contributed by atoms with Crippen LogP contribution < -0.4 is 10.1 Å². The van der Waals surface area contributed by atoms with E-state index in [1.165, 1.54) is 0 Å². The predicted molar refractivity (Wildman–Crippen MR) is 69.3 cm³/mol. The lowest BCUT2D eigenvalue weighted by Gasteiger charge is -2.10. The fourth-order valence-electron chi connectivity index (χ4n) is 1.61. The molecule has 2 aromatic rings. The van der Waals surface area contributed by atoms with Gasteiger partial charge in [-0.05, 0) is 48.4 Å². The average molecular weight is 228 g/mol. The molecule has 0 atom stereocenters. The van der Waals surface area contributed by atoms with Gasteiger partial charge in [0.2, 0.25) is 0 Å². The van der Waals surface area contributed by atoms with Crippen molar-refractivity contribution in [2.24, 2.45) is 0 Å². The zero-order valence-corrected chi connectivity index (χ0v) is 10.1. The first-order valence-corrected chi connectivity index (χ1v) is 5.59. The third-order valence-electron chi connectivity index (χ3n) is 2.61. The van der Waals surface area contributed by atoms with Crippen molar-refractivity contribution in [1.82, 2.24) is 4.98 Å². The highest BCUT2D eigenvalue weighted by molar-refractivity contribution is 5.50. The van der Waals surface area contributed by atoms with Gasteiger partial charge < -0.3 is 10.1 Å². The quantitative estimate of drug-likeness (QED) is 0.873. The number of benzene rings is 1. The van der Waals surface area contributed by atoms with Crippen molar-refractivity contribution < 1.29 is 4.74 Å². The Labute approximate surface area is 101 Å². The lowest BCUT2D eigenvalue weighted by molar-refractivity contribution is 0.304. The molecule has 0 saturated carbocycles. The van der Waals surface area contributed by atoms with Gasteiger partial charge in [0, 0.05) is 25.1 Å². The molecule has 0 radical (unpaired) electrons. The SMILES string of the molecule is CNc1ccc(OCc2ccncc2)c(C)c1. The van der Waals surface area contributed by atoms with E-state index in [4.69, 9.17) is 4.74 Å². The van der Waals surface area contributed by atoms with Gasteiger partial charge in [-0.2, -0.15) is 0 Å². The summed E-state index contributed by atoms with van der Waals surface area (Å²) in [6.07, 6.45) is 3.55. The summed E-state index contributed by atoms with van der Waals surface area (Å²) in [6.45, 7) is 2.62. The molecular weight excluding hydrogens is 212 g/mol. The van der Waals surface area contributed by atoms with Gasteiger partial charge in [0.1, 0.15) is 12.4 Å². The van der Waals surface area contributed by atoms with Crippen molar-refractivity contribution in [3.05, 3.63) is 53.9 Å². The lowest BCUT2D eigenvalue weighted by Crippen LogP contribution is -1.98. The van der Waals surface area contributed by atoms with Crippen LogP contribution in [-0.2, 0) is 6.61 Å². The molecule has 2 rings (SSSR count). The van der Waals surface area contributed by atoms with Crippen LogP contribution in [0.15, 0.2) is 42.7 Å².